The van der Waals surface area contributed by atoms with Crippen LogP contribution in [0.3, 0.4) is 0 Å². The van der Waals surface area contributed by atoms with Gasteiger partial charge < -0.3 is 4.42 Å². The van der Waals surface area contributed by atoms with Crippen molar-refractivity contribution in [3.05, 3.63) is 35.4 Å². The van der Waals surface area contributed by atoms with E-state index >= 15 is 0 Å². The van der Waals surface area contributed by atoms with Crippen LogP contribution in [-0.2, 0) is 10.0 Å². The number of hydrogen-bond acceptors (Lipinski definition) is 5. The van der Waals surface area contributed by atoms with E-state index in [1.54, 1.807) is 6.92 Å². The van der Waals surface area contributed by atoms with Crippen molar-refractivity contribution >= 4 is 27.6 Å². The number of nitrogens with zero attached hydrogens (tertiary/aromatic N) is 2. The first-order valence-electron chi connectivity index (χ1n) is 4.53. The van der Waals surface area contributed by atoms with Gasteiger partial charge in [-0.3, -0.25) is 4.98 Å². The lowest BCUT2D eigenvalue weighted by Gasteiger charge is -2.04. The highest BCUT2D eigenvalue weighted by atomic mass is 35.5. The zero-order valence-corrected chi connectivity index (χ0v) is 10.3. The number of nitrogens with one attached hydrogen (secondary N) is 1. The van der Waals surface area contributed by atoms with Gasteiger partial charge >= 0.3 is 6.01 Å². The van der Waals surface area contributed by atoms with Gasteiger partial charge in [-0.15, -0.1) is 0 Å². The first kappa shape index (κ1) is 11.9. The van der Waals surface area contributed by atoms with E-state index in [0.717, 1.165) is 6.20 Å². The van der Waals surface area contributed by atoms with Crippen molar-refractivity contribution in [3.63, 3.8) is 0 Å². The van der Waals surface area contributed by atoms with Gasteiger partial charge in [0.1, 0.15) is 11.2 Å². The number of aryl methyl sites for hydroxylation is 1. The van der Waals surface area contributed by atoms with E-state index in [2.05, 4.69) is 14.7 Å². The third-order valence-electron chi connectivity index (χ3n) is 1.86. The molecule has 0 fully saturated rings. The van der Waals surface area contributed by atoms with Gasteiger partial charge in [0.2, 0.25) is 0 Å². The molecule has 0 amide bonds. The number of oxazole rings is 1. The number of sulfonamides is 1. The zero-order chi connectivity index (χ0) is 12.5. The molecular weight excluding hydrogens is 266 g/mol. The summed E-state index contributed by atoms with van der Waals surface area (Å²) < 4.78 is 30.9. The zero-order valence-electron chi connectivity index (χ0n) is 8.71. The van der Waals surface area contributed by atoms with E-state index in [-0.39, 0.29) is 15.9 Å². The molecule has 8 heteroatoms. The van der Waals surface area contributed by atoms with Crippen molar-refractivity contribution in [2.45, 2.75) is 11.8 Å². The standard InChI is InChI=1S/C9H8ClN3O3S/c1-6-5-16-9(12-6)13-17(14,15)8-4-11-3-2-7(8)10/h2-5H,1H3,(H,12,13). The average molecular weight is 274 g/mol. The fraction of sp³-hybridized carbons (Fsp3) is 0.111. The molecule has 90 valence electrons. The Balaban J connectivity index is 2.35. The maximum absolute atomic E-state index is 11.9. The van der Waals surface area contributed by atoms with E-state index in [9.17, 15) is 8.42 Å². The van der Waals surface area contributed by atoms with Gasteiger partial charge in [-0.05, 0) is 13.0 Å². The van der Waals surface area contributed by atoms with Crippen LogP contribution in [0.25, 0.3) is 0 Å². The topological polar surface area (TPSA) is 85.1 Å². The molecule has 0 atom stereocenters. The summed E-state index contributed by atoms with van der Waals surface area (Å²) in [6, 6.07) is 1.28. The quantitative estimate of drug-likeness (QED) is 0.922. The second kappa shape index (κ2) is 4.34. The van der Waals surface area contributed by atoms with Gasteiger partial charge in [-0.2, -0.15) is 4.98 Å². The molecule has 0 saturated heterocycles. The molecule has 17 heavy (non-hydrogen) atoms. The van der Waals surface area contributed by atoms with Crippen molar-refractivity contribution in [1.82, 2.24) is 9.97 Å². The molecule has 2 heterocycles. The smallest absolute Gasteiger partial charge is 0.309 e. The van der Waals surface area contributed by atoms with Crippen LogP contribution >= 0.6 is 11.6 Å². The summed E-state index contributed by atoms with van der Waals surface area (Å²) in [6.45, 7) is 1.68. The SMILES string of the molecule is Cc1coc(NS(=O)(=O)c2cnccc2Cl)n1. The molecule has 1 N–H and O–H groups in total. The maximum Gasteiger partial charge on any atom is 0.309 e. The highest BCUT2D eigenvalue weighted by molar-refractivity contribution is 7.92. The largest absolute Gasteiger partial charge is 0.431 e. The van der Waals surface area contributed by atoms with Gasteiger partial charge in [0.25, 0.3) is 10.0 Å². The molecule has 0 aromatic carbocycles. The minimum atomic E-state index is -3.83. The molecule has 0 aliphatic heterocycles. The maximum atomic E-state index is 11.9. The van der Waals surface area contributed by atoms with Crippen molar-refractivity contribution < 1.29 is 12.8 Å². The Morgan fingerprint density at radius 2 is 2.24 bits per heavy atom. The molecule has 0 spiro atoms. The molecule has 6 nitrogen and oxygen atoms in total. The van der Waals surface area contributed by atoms with Crippen molar-refractivity contribution in [1.29, 1.82) is 0 Å². The fourth-order valence-electron chi connectivity index (χ4n) is 1.13. The fourth-order valence-corrected chi connectivity index (χ4v) is 2.50. The predicted molar refractivity (Wildman–Crippen MR) is 61.3 cm³/mol. The lowest BCUT2D eigenvalue weighted by Crippen LogP contribution is -2.14. The Labute approximate surface area is 103 Å². The minimum Gasteiger partial charge on any atom is -0.431 e. The third-order valence-corrected chi connectivity index (χ3v) is 3.65. The van der Waals surface area contributed by atoms with Gasteiger partial charge in [0.15, 0.2) is 0 Å². The van der Waals surface area contributed by atoms with Crippen LogP contribution in [-0.4, -0.2) is 18.4 Å². The summed E-state index contributed by atoms with van der Waals surface area (Å²) in [4.78, 5) is 7.41. The highest BCUT2D eigenvalue weighted by Crippen LogP contribution is 2.21. The number of halogens is 1. The molecule has 2 aromatic heterocycles. The molecule has 2 aromatic rings. The Bertz CT molecular complexity index is 638. The van der Waals surface area contributed by atoms with Crippen LogP contribution in [0.4, 0.5) is 6.01 Å². The van der Waals surface area contributed by atoms with Crippen LogP contribution in [0.2, 0.25) is 5.02 Å². The van der Waals surface area contributed by atoms with Gasteiger partial charge in [0, 0.05) is 12.4 Å². The van der Waals surface area contributed by atoms with Crippen LogP contribution in [0.5, 0.6) is 0 Å². The predicted octanol–water partition coefficient (Wildman–Crippen LogP) is 1.83. The molecule has 0 unspecified atom stereocenters. The summed E-state index contributed by atoms with van der Waals surface area (Å²) >= 11 is 5.77. The lowest BCUT2D eigenvalue weighted by atomic mass is 10.5. The number of anilines is 1. The average Bonchev–Trinajstić information content (AvgIpc) is 2.63. The van der Waals surface area contributed by atoms with Gasteiger partial charge in [-0.25, -0.2) is 13.1 Å². The summed E-state index contributed by atoms with van der Waals surface area (Å²) in [6.07, 6.45) is 3.89. The van der Waals surface area contributed by atoms with Crippen LogP contribution in [0, 0.1) is 6.92 Å². The number of rotatable bonds is 3. The first-order valence-corrected chi connectivity index (χ1v) is 6.39. The van der Waals surface area contributed by atoms with E-state index < -0.39 is 10.0 Å². The van der Waals surface area contributed by atoms with E-state index in [1.807, 2.05) is 0 Å². The van der Waals surface area contributed by atoms with Crippen molar-refractivity contribution in [2.75, 3.05) is 4.72 Å². The number of hydrogen-bond donors (Lipinski definition) is 1. The molecule has 0 saturated carbocycles. The van der Waals surface area contributed by atoms with E-state index in [4.69, 9.17) is 16.0 Å². The molecule has 0 bridgehead atoms. The summed E-state index contributed by atoms with van der Waals surface area (Å²) in [5.74, 6) is 0. The highest BCUT2D eigenvalue weighted by Gasteiger charge is 2.20. The van der Waals surface area contributed by atoms with Crippen molar-refractivity contribution in [3.8, 4) is 0 Å². The van der Waals surface area contributed by atoms with Crippen molar-refractivity contribution in [2.24, 2.45) is 0 Å². The second-order valence-corrected chi connectivity index (χ2v) is 5.26. The molecule has 0 aliphatic carbocycles. The summed E-state index contributed by atoms with van der Waals surface area (Å²) in [5, 5.41) is 0.0794. The van der Waals surface area contributed by atoms with E-state index in [0.29, 0.717) is 5.69 Å². The van der Waals surface area contributed by atoms with Crippen LogP contribution in [0.15, 0.2) is 34.0 Å². The first-order chi connectivity index (χ1) is 7.99. The minimum absolute atomic E-state index is 0.0794. The summed E-state index contributed by atoms with van der Waals surface area (Å²) in [7, 11) is -3.83. The molecular formula is C9H8ClN3O3S. The van der Waals surface area contributed by atoms with Crippen LogP contribution in [0.1, 0.15) is 5.69 Å². The second-order valence-electron chi connectivity index (χ2n) is 3.21. The van der Waals surface area contributed by atoms with Crippen LogP contribution < -0.4 is 4.72 Å². The normalized spacial score (nSPS) is 11.4. The Morgan fingerprint density at radius 3 is 2.82 bits per heavy atom. The molecule has 0 radical (unpaired) electrons. The van der Waals surface area contributed by atoms with Gasteiger partial charge in [0.05, 0.1) is 10.7 Å². The Kier molecular flexibility index (Phi) is 3.03. The molecule has 0 aliphatic rings. The third kappa shape index (κ3) is 2.56. The number of pyridine rings is 1. The van der Waals surface area contributed by atoms with E-state index in [1.165, 1.54) is 18.5 Å². The molecule has 2 rings (SSSR count). The van der Waals surface area contributed by atoms with Gasteiger partial charge in [-0.1, -0.05) is 11.6 Å². The lowest BCUT2D eigenvalue weighted by molar-refractivity contribution is 0.569. The Hall–Kier alpha value is -1.60. The number of aromatic nitrogens is 2. The monoisotopic (exact) mass is 273 g/mol. The summed E-state index contributed by atoms with van der Waals surface area (Å²) in [5.41, 5.74) is 0.569. The Morgan fingerprint density at radius 1 is 1.47 bits per heavy atom.